The van der Waals surface area contributed by atoms with Gasteiger partial charge in [0.05, 0.1) is 0 Å². The minimum absolute atomic E-state index is 0.0349. The molecule has 2 unspecified atom stereocenters. The third kappa shape index (κ3) is 4.05. The molecule has 20 heavy (non-hydrogen) atoms. The minimum atomic E-state index is -0.0349. The van der Waals surface area contributed by atoms with Gasteiger partial charge in [-0.2, -0.15) is 0 Å². The van der Waals surface area contributed by atoms with Crippen LogP contribution in [0.5, 0.6) is 0 Å². The maximum atomic E-state index is 11.9. The predicted octanol–water partition coefficient (Wildman–Crippen LogP) is 1.51. The molecule has 2 rings (SSSR count). The summed E-state index contributed by atoms with van der Waals surface area (Å²) in [7, 11) is 0. The maximum absolute atomic E-state index is 11.9. The first-order chi connectivity index (χ1) is 9.56. The Bertz CT molecular complexity index is 444. The second-order valence-corrected chi connectivity index (χ2v) is 5.58. The van der Waals surface area contributed by atoms with Crippen LogP contribution in [-0.2, 0) is 4.79 Å². The van der Waals surface area contributed by atoms with Crippen molar-refractivity contribution < 1.29 is 9.32 Å². The normalized spacial score (nSPS) is 21.6. The molecule has 0 aromatic carbocycles. The van der Waals surface area contributed by atoms with Crippen LogP contribution >= 0.6 is 0 Å². The van der Waals surface area contributed by atoms with Crippen LogP contribution in [0.25, 0.3) is 0 Å². The lowest BCUT2D eigenvalue weighted by Gasteiger charge is -2.37. The van der Waals surface area contributed by atoms with E-state index >= 15 is 0 Å². The number of nitrogens with zero attached hydrogens (tertiary/aromatic N) is 2. The van der Waals surface area contributed by atoms with Gasteiger partial charge in [-0.25, -0.2) is 0 Å². The molecule has 1 fully saturated rings. The van der Waals surface area contributed by atoms with Gasteiger partial charge in [-0.05, 0) is 33.2 Å². The molecular weight excluding hydrogens is 256 g/mol. The van der Waals surface area contributed by atoms with E-state index in [2.05, 4.69) is 15.4 Å². The van der Waals surface area contributed by atoms with Gasteiger partial charge in [0.2, 0.25) is 5.91 Å². The Morgan fingerprint density at radius 2 is 2.45 bits per heavy atom. The lowest BCUT2D eigenvalue weighted by molar-refractivity contribution is -0.116. The van der Waals surface area contributed by atoms with Gasteiger partial charge in [-0.15, -0.1) is 0 Å². The molecule has 6 heteroatoms. The number of aryl methyl sites for hydroxylation is 1. The van der Waals surface area contributed by atoms with Gasteiger partial charge >= 0.3 is 0 Å². The second-order valence-electron chi connectivity index (χ2n) is 5.58. The van der Waals surface area contributed by atoms with Crippen molar-refractivity contribution in [1.29, 1.82) is 0 Å². The van der Waals surface area contributed by atoms with Crippen molar-refractivity contribution in [3.8, 4) is 0 Å². The number of hydrogen-bond donors (Lipinski definition) is 2. The lowest BCUT2D eigenvalue weighted by atomic mass is 9.97. The number of piperidine rings is 1. The fourth-order valence-electron chi connectivity index (χ4n) is 2.77. The molecule has 0 aliphatic carbocycles. The number of rotatable bonds is 5. The highest BCUT2D eigenvalue weighted by atomic mass is 16.5. The first-order valence-electron chi connectivity index (χ1n) is 7.29. The zero-order chi connectivity index (χ0) is 14.5. The molecule has 6 nitrogen and oxygen atoms in total. The summed E-state index contributed by atoms with van der Waals surface area (Å²) in [5.41, 5.74) is 6.03. The zero-order valence-electron chi connectivity index (χ0n) is 12.3. The van der Waals surface area contributed by atoms with Crippen LogP contribution < -0.4 is 11.1 Å². The molecule has 1 amide bonds. The molecule has 0 spiro atoms. The second kappa shape index (κ2) is 6.85. The van der Waals surface area contributed by atoms with Gasteiger partial charge < -0.3 is 15.6 Å². The SMILES string of the molecule is Cc1cc(NC(=O)CCN2CCCCC2C(C)N)no1. The summed E-state index contributed by atoms with van der Waals surface area (Å²) in [6.45, 7) is 5.61. The molecule has 112 valence electrons. The molecule has 1 saturated heterocycles. The Kier molecular flexibility index (Phi) is 5.14. The topological polar surface area (TPSA) is 84.4 Å². The number of carbonyl (C=O) groups excluding carboxylic acids is 1. The van der Waals surface area contributed by atoms with E-state index < -0.39 is 0 Å². The quantitative estimate of drug-likeness (QED) is 0.854. The number of nitrogens with two attached hydrogens (primary N) is 1. The van der Waals surface area contributed by atoms with E-state index in [1.54, 1.807) is 13.0 Å². The van der Waals surface area contributed by atoms with Crippen LogP contribution in [-0.4, -0.2) is 41.1 Å². The van der Waals surface area contributed by atoms with Crippen molar-refractivity contribution in [2.75, 3.05) is 18.4 Å². The molecule has 0 radical (unpaired) electrons. The van der Waals surface area contributed by atoms with Gasteiger partial charge in [-0.3, -0.25) is 9.69 Å². The third-order valence-corrected chi connectivity index (χ3v) is 3.79. The number of anilines is 1. The van der Waals surface area contributed by atoms with E-state index in [1.165, 1.54) is 12.8 Å². The van der Waals surface area contributed by atoms with E-state index in [4.69, 9.17) is 10.3 Å². The van der Waals surface area contributed by atoms with E-state index in [1.807, 2.05) is 6.92 Å². The Morgan fingerprint density at radius 3 is 3.10 bits per heavy atom. The highest BCUT2D eigenvalue weighted by molar-refractivity contribution is 5.89. The van der Waals surface area contributed by atoms with E-state index in [-0.39, 0.29) is 11.9 Å². The van der Waals surface area contributed by atoms with Crippen LogP contribution in [0.3, 0.4) is 0 Å². The van der Waals surface area contributed by atoms with Crippen LogP contribution in [0.15, 0.2) is 10.6 Å². The predicted molar refractivity (Wildman–Crippen MR) is 77.3 cm³/mol. The summed E-state index contributed by atoms with van der Waals surface area (Å²) < 4.78 is 4.92. The Morgan fingerprint density at radius 1 is 1.65 bits per heavy atom. The molecule has 1 aliphatic heterocycles. The van der Waals surface area contributed by atoms with E-state index in [0.717, 1.165) is 19.5 Å². The summed E-state index contributed by atoms with van der Waals surface area (Å²) in [5.74, 6) is 1.13. The summed E-state index contributed by atoms with van der Waals surface area (Å²) in [5, 5.41) is 6.50. The molecular formula is C14H24N4O2. The van der Waals surface area contributed by atoms with Crippen molar-refractivity contribution >= 4 is 11.7 Å². The highest BCUT2D eigenvalue weighted by Crippen LogP contribution is 2.19. The van der Waals surface area contributed by atoms with Gasteiger partial charge in [0, 0.05) is 31.1 Å². The van der Waals surface area contributed by atoms with Crippen molar-refractivity contribution in [3.63, 3.8) is 0 Å². The molecule has 1 aromatic rings. The summed E-state index contributed by atoms with van der Waals surface area (Å²) >= 11 is 0. The number of hydrogen-bond acceptors (Lipinski definition) is 5. The minimum Gasteiger partial charge on any atom is -0.360 e. The van der Waals surface area contributed by atoms with Crippen molar-refractivity contribution in [3.05, 3.63) is 11.8 Å². The first kappa shape index (κ1) is 15.0. The van der Waals surface area contributed by atoms with Crippen molar-refractivity contribution in [2.45, 2.75) is 51.6 Å². The summed E-state index contributed by atoms with van der Waals surface area (Å²) in [6.07, 6.45) is 4.00. The molecule has 1 aromatic heterocycles. The Hall–Kier alpha value is -1.40. The van der Waals surface area contributed by atoms with Gasteiger partial charge in [-0.1, -0.05) is 11.6 Å². The first-order valence-corrected chi connectivity index (χ1v) is 7.29. The molecule has 2 atom stereocenters. The third-order valence-electron chi connectivity index (χ3n) is 3.79. The zero-order valence-corrected chi connectivity index (χ0v) is 12.3. The molecule has 1 aliphatic rings. The fraction of sp³-hybridized carbons (Fsp3) is 0.714. The van der Waals surface area contributed by atoms with Crippen LogP contribution in [0.1, 0.15) is 38.4 Å². The fourth-order valence-corrected chi connectivity index (χ4v) is 2.77. The smallest absolute Gasteiger partial charge is 0.226 e. The summed E-state index contributed by atoms with van der Waals surface area (Å²) in [6, 6.07) is 2.26. The van der Waals surface area contributed by atoms with Crippen LogP contribution in [0.2, 0.25) is 0 Å². The van der Waals surface area contributed by atoms with Crippen molar-refractivity contribution in [1.82, 2.24) is 10.1 Å². The molecule has 0 saturated carbocycles. The average molecular weight is 280 g/mol. The Labute approximate surface area is 119 Å². The molecule has 3 N–H and O–H groups in total. The van der Waals surface area contributed by atoms with Gasteiger partial charge in [0.1, 0.15) is 5.76 Å². The van der Waals surface area contributed by atoms with Gasteiger partial charge in [0.25, 0.3) is 0 Å². The molecule has 2 heterocycles. The number of carbonyl (C=O) groups is 1. The average Bonchev–Trinajstić information content (AvgIpc) is 2.82. The summed E-state index contributed by atoms with van der Waals surface area (Å²) in [4.78, 5) is 14.2. The Balaban J connectivity index is 1.79. The number of likely N-dealkylation sites (tertiary alicyclic amines) is 1. The standard InChI is InChI=1S/C14H24N4O2/c1-10-9-13(17-20-10)16-14(19)6-8-18-7-4-3-5-12(18)11(2)15/h9,11-12H,3-8,15H2,1-2H3,(H,16,17,19). The van der Waals surface area contributed by atoms with Gasteiger partial charge in [0.15, 0.2) is 5.82 Å². The number of nitrogens with one attached hydrogen (secondary N) is 1. The largest absolute Gasteiger partial charge is 0.360 e. The number of amides is 1. The highest BCUT2D eigenvalue weighted by Gasteiger charge is 2.25. The number of aromatic nitrogens is 1. The van der Waals surface area contributed by atoms with Crippen LogP contribution in [0.4, 0.5) is 5.82 Å². The van der Waals surface area contributed by atoms with Crippen LogP contribution in [0, 0.1) is 6.92 Å². The van der Waals surface area contributed by atoms with E-state index in [9.17, 15) is 4.79 Å². The van der Waals surface area contributed by atoms with Crippen molar-refractivity contribution in [2.24, 2.45) is 5.73 Å². The monoisotopic (exact) mass is 280 g/mol. The molecule has 0 bridgehead atoms. The lowest BCUT2D eigenvalue weighted by Crippen LogP contribution is -2.49. The van der Waals surface area contributed by atoms with E-state index in [0.29, 0.717) is 24.0 Å². The maximum Gasteiger partial charge on any atom is 0.226 e.